The van der Waals surface area contributed by atoms with Crippen molar-refractivity contribution in [3.8, 4) is 0 Å². The van der Waals surface area contributed by atoms with Crippen molar-refractivity contribution in [3.63, 3.8) is 0 Å². The Bertz CT molecular complexity index is 1150. The van der Waals surface area contributed by atoms with Gasteiger partial charge in [-0.25, -0.2) is 19.4 Å². The molecule has 1 fully saturated rings. The molecule has 1 aliphatic carbocycles. The van der Waals surface area contributed by atoms with E-state index in [2.05, 4.69) is 20.4 Å². The first-order chi connectivity index (χ1) is 14.0. The zero-order chi connectivity index (χ0) is 20.5. The largest absolute Gasteiger partial charge is 0.462 e. The first-order valence-corrected chi connectivity index (χ1v) is 10.1. The molecule has 1 saturated carbocycles. The average molecular weight is 413 g/mol. The van der Waals surface area contributed by atoms with Crippen LogP contribution in [0, 0.1) is 6.92 Å². The molecule has 4 rings (SSSR count). The van der Waals surface area contributed by atoms with Crippen molar-refractivity contribution in [1.82, 2.24) is 19.7 Å². The molecule has 0 bridgehead atoms. The molecule has 0 spiro atoms. The van der Waals surface area contributed by atoms with E-state index < -0.39 is 11.9 Å². The lowest BCUT2D eigenvalue weighted by molar-refractivity contribution is -0.117. The first kappa shape index (κ1) is 19.2. The van der Waals surface area contributed by atoms with Crippen molar-refractivity contribution < 1.29 is 14.3 Å². The van der Waals surface area contributed by atoms with Crippen molar-refractivity contribution in [2.75, 3.05) is 11.9 Å². The second kappa shape index (κ2) is 7.70. The summed E-state index contributed by atoms with van der Waals surface area (Å²) in [6.45, 7) is 3.52. The van der Waals surface area contributed by atoms with E-state index in [4.69, 9.17) is 4.74 Å². The molecule has 29 heavy (non-hydrogen) atoms. The summed E-state index contributed by atoms with van der Waals surface area (Å²) >= 11 is 1.49. The highest BCUT2D eigenvalue weighted by Crippen LogP contribution is 2.44. The van der Waals surface area contributed by atoms with E-state index in [9.17, 15) is 14.4 Å². The lowest BCUT2D eigenvalue weighted by atomic mass is 10.2. The number of carbonyl (C=O) groups excluding carboxylic acids is 2. The van der Waals surface area contributed by atoms with Crippen LogP contribution < -0.4 is 10.9 Å². The standard InChI is InChI=1S/C19H19N5O4S/c1-3-28-18(27)12-7-20-19(21-8-12)22-15(25)9-24-17(26)16-13(10(2)23-24)6-14(29-16)11-4-5-11/h6-8,11H,3-5,9H2,1-2H3,(H,20,21,22,25). The molecule has 0 unspecified atom stereocenters. The number of aryl methyl sites for hydroxylation is 1. The molecule has 0 radical (unpaired) electrons. The van der Waals surface area contributed by atoms with E-state index in [0.29, 0.717) is 16.3 Å². The summed E-state index contributed by atoms with van der Waals surface area (Å²) in [4.78, 5) is 45.8. The van der Waals surface area contributed by atoms with Gasteiger partial charge in [0.1, 0.15) is 11.2 Å². The van der Waals surface area contributed by atoms with E-state index in [1.54, 1.807) is 6.92 Å². The van der Waals surface area contributed by atoms with Crippen LogP contribution in [0.3, 0.4) is 0 Å². The fraction of sp³-hybridized carbons (Fsp3) is 0.368. The molecule has 150 valence electrons. The van der Waals surface area contributed by atoms with Crippen LogP contribution in [0.15, 0.2) is 23.3 Å². The molecule has 0 aromatic carbocycles. The summed E-state index contributed by atoms with van der Waals surface area (Å²) in [5, 5.41) is 7.65. The predicted molar refractivity (Wildman–Crippen MR) is 107 cm³/mol. The van der Waals surface area contributed by atoms with E-state index in [0.717, 1.165) is 22.9 Å². The number of nitrogens with one attached hydrogen (secondary N) is 1. The van der Waals surface area contributed by atoms with Gasteiger partial charge in [-0.15, -0.1) is 11.3 Å². The smallest absolute Gasteiger partial charge is 0.341 e. The highest BCUT2D eigenvalue weighted by Gasteiger charge is 2.27. The number of nitrogens with zero attached hydrogens (tertiary/aromatic N) is 4. The Morgan fingerprint density at radius 3 is 2.69 bits per heavy atom. The van der Waals surface area contributed by atoms with E-state index in [1.807, 2.05) is 13.0 Å². The van der Waals surface area contributed by atoms with Gasteiger partial charge in [0.15, 0.2) is 0 Å². The lowest BCUT2D eigenvalue weighted by Gasteiger charge is -2.07. The minimum atomic E-state index is -0.536. The van der Waals surface area contributed by atoms with Gasteiger partial charge >= 0.3 is 5.97 Å². The van der Waals surface area contributed by atoms with Gasteiger partial charge in [-0.1, -0.05) is 0 Å². The number of amides is 1. The molecule has 1 amide bonds. The number of rotatable bonds is 6. The second-order valence-corrected chi connectivity index (χ2v) is 7.86. The Morgan fingerprint density at radius 2 is 2.03 bits per heavy atom. The molecule has 0 atom stereocenters. The Labute approximate surface area is 169 Å². The van der Waals surface area contributed by atoms with E-state index in [1.165, 1.54) is 28.6 Å². The third kappa shape index (κ3) is 4.02. The molecule has 1 N–H and O–H groups in total. The van der Waals surface area contributed by atoms with Crippen molar-refractivity contribution in [2.45, 2.75) is 39.2 Å². The molecular weight excluding hydrogens is 394 g/mol. The van der Waals surface area contributed by atoms with Gasteiger partial charge in [-0.05, 0) is 38.7 Å². The highest BCUT2D eigenvalue weighted by molar-refractivity contribution is 7.19. The maximum Gasteiger partial charge on any atom is 0.341 e. The van der Waals surface area contributed by atoms with Crippen LogP contribution in [-0.2, 0) is 16.1 Å². The summed E-state index contributed by atoms with van der Waals surface area (Å²) in [7, 11) is 0. The Balaban J connectivity index is 1.49. The summed E-state index contributed by atoms with van der Waals surface area (Å²) in [5.74, 6) is -0.439. The number of thiophene rings is 1. The van der Waals surface area contributed by atoms with Gasteiger partial charge in [0.25, 0.3) is 5.56 Å². The van der Waals surface area contributed by atoms with Crippen LogP contribution in [-0.4, -0.2) is 38.2 Å². The molecule has 3 aromatic heterocycles. The molecule has 3 heterocycles. The van der Waals surface area contributed by atoms with Gasteiger partial charge in [0, 0.05) is 22.7 Å². The number of anilines is 1. The highest BCUT2D eigenvalue weighted by atomic mass is 32.1. The molecule has 3 aromatic rings. The fourth-order valence-corrected chi connectivity index (χ4v) is 4.25. The molecule has 0 aliphatic heterocycles. The number of esters is 1. The zero-order valence-electron chi connectivity index (χ0n) is 16.0. The number of hydrogen-bond acceptors (Lipinski definition) is 8. The van der Waals surface area contributed by atoms with Crippen LogP contribution in [0.5, 0.6) is 0 Å². The SMILES string of the molecule is CCOC(=O)c1cnc(NC(=O)Cn2nc(C)c3cc(C4CC4)sc3c2=O)nc1. The van der Waals surface area contributed by atoms with Crippen molar-refractivity contribution in [3.05, 3.63) is 44.9 Å². The summed E-state index contributed by atoms with van der Waals surface area (Å²) in [6, 6.07) is 2.05. The number of aromatic nitrogens is 4. The van der Waals surface area contributed by atoms with Gasteiger partial charge in [-0.3, -0.25) is 14.9 Å². The maximum absolute atomic E-state index is 12.8. The van der Waals surface area contributed by atoms with E-state index >= 15 is 0 Å². The van der Waals surface area contributed by atoms with Crippen molar-refractivity contribution in [1.29, 1.82) is 0 Å². The topological polar surface area (TPSA) is 116 Å². The minimum Gasteiger partial charge on any atom is -0.462 e. The van der Waals surface area contributed by atoms with Gasteiger partial charge in [0.2, 0.25) is 11.9 Å². The third-order valence-corrected chi connectivity index (χ3v) is 5.81. The zero-order valence-corrected chi connectivity index (χ0v) is 16.8. The van der Waals surface area contributed by atoms with Crippen LogP contribution in [0.25, 0.3) is 10.1 Å². The third-order valence-electron chi connectivity index (χ3n) is 4.53. The maximum atomic E-state index is 12.8. The number of carbonyl (C=O) groups is 2. The van der Waals surface area contributed by atoms with Crippen LogP contribution >= 0.6 is 11.3 Å². The second-order valence-electron chi connectivity index (χ2n) is 6.78. The minimum absolute atomic E-state index is 0.0287. The van der Waals surface area contributed by atoms with Gasteiger partial charge in [-0.2, -0.15) is 5.10 Å². The van der Waals surface area contributed by atoms with Gasteiger partial charge < -0.3 is 4.74 Å². The van der Waals surface area contributed by atoms with Crippen LogP contribution in [0.2, 0.25) is 0 Å². The van der Waals surface area contributed by atoms with Crippen LogP contribution in [0.4, 0.5) is 5.95 Å². The molecule has 10 heteroatoms. The lowest BCUT2D eigenvalue weighted by Crippen LogP contribution is -2.30. The Kier molecular flexibility index (Phi) is 5.10. The monoisotopic (exact) mass is 413 g/mol. The quantitative estimate of drug-likeness (QED) is 0.616. The fourth-order valence-electron chi connectivity index (χ4n) is 2.92. The molecular formula is C19H19N5O4S. The van der Waals surface area contributed by atoms with E-state index in [-0.39, 0.29) is 30.2 Å². The summed E-state index contributed by atoms with van der Waals surface area (Å²) < 4.78 is 6.64. The molecule has 1 aliphatic rings. The van der Waals surface area contributed by atoms with Crippen molar-refractivity contribution in [2.24, 2.45) is 0 Å². The van der Waals surface area contributed by atoms with Crippen molar-refractivity contribution >= 4 is 39.2 Å². The Morgan fingerprint density at radius 1 is 1.31 bits per heavy atom. The van der Waals surface area contributed by atoms with Gasteiger partial charge in [0.05, 0.1) is 17.9 Å². The average Bonchev–Trinajstić information content (AvgIpc) is 3.44. The van der Waals surface area contributed by atoms with Crippen LogP contribution in [0.1, 0.15) is 46.6 Å². The number of hydrogen-bond donors (Lipinski definition) is 1. The number of ether oxygens (including phenoxy) is 1. The molecule has 0 saturated heterocycles. The first-order valence-electron chi connectivity index (χ1n) is 9.26. The summed E-state index contributed by atoms with van der Waals surface area (Å²) in [6.07, 6.45) is 4.86. The summed E-state index contributed by atoms with van der Waals surface area (Å²) in [5.41, 5.74) is 0.620. The predicted octanol–water partition coefficient (Wildman–Crippen LogP) is 2.25. The molecule has 9 nitrogen and oxygen atoms in total. The Hall–Kier alpha value is -3.14. The number of fused-ring (bicyclic) bond motifs is 1. The normalized spacial score (nSPS) is 13.4.